The zero-order valence-electron chi connectivity index (χ0n) is 17.2. The summed E-state index contributed by atoms with van der Waals surface area (Å²) in [6.45, 7) is 3.15. The molecular weight excluding hydrogens is 386 g/mol. The second-order valence-corrected chi connectivity index (χ2v) is 7.31. The fraction of sp³-hybridized carbons (Fsp3) is 0.318. The minimum atomic E-state index is -1.13. The number of carbonyl (C=O) groups is 2. The van der Waals surface area contributed by atoms with Gasteiger partial charge in [-0.1, -0.05) is 11.8 Å². The van der Waals surface area contributed by atoms with Crippen molar-refractivity contribution in [2.24, 2.45) is 0 Å². The average Bonchev–Trinajstić information content (AvgIpc) is 2.84. The molecule has 156 valence electrons. The van der Waals surface area contributed by atoms with E-state index in [1.165, 1.54) is 24.3 Å². The third-order valence-corrected chi connectivity index (χ3v) is 4.37. The lowest BCUT2D eigenvalue weighted by Gasteiger charge is -2.20. The van der Waals surface area contributed by atoms with E-state index in [1.807, 2.05) is 0 Å². The molecule has 0 aliphatic carbocycles. The molecule has 0 fully saturated rings. The molecule has 2 aromatic rings. The predicted octanol–water partition coefficient (Wildman–Crippen LogP) is 1.37. The number of carbonyl (C=O) groups excluding carboxylic acids is 2. The lowest BCUT2D eigenvalue weighted by atomic mass is 10.1. The van der Waals surface area contributed by atoms with Gasteiger partial charge in [0.05, 0.1) is 12.8 Å². The third kappa shape index (κ3) is 4.88. The van der Waals surface area contributed by atoms with E-state index in [9.17, 15) is 14.7 Å². The second-order valence-electron chi connectivity index (χ2n) is 7.31. The van der Waals surface area contributed by atoms with Crippen molar-refractivity contribution in [2.45, 2.75) is 25.5 Å². The fourth-order valence-corrected chi connectivity index (χ4v) is 2.80. The smallest absolute Gasteiger partial charge is 0.270 e. The number of nitrogens with zero attached hydrogens (tertiary/aromatic N) is 2. The Hall–Kier alpha value is -3.57. The van der Waals surface area contributed by atoms with Crippen LogP contribution in [-0.4, -0.2) is 54.3 Å². The first-order valence-corrected chi connectivity index (χ1v) is 9.29. The molecule has 0 unspecified atom stereocenters. The molecule has 2 amide bonds. The third-order valence-electron chi connectivity index (χ3n) is 4.37. The second kappa shape index (κ2) is 8.43. The zero-order chi connectivity index (χ0) is 21.9. The Kier molecular flexibility index (Phi) is 5.94. The summed E-state index contributed by atoms with van der Waals surface area (Å²) in [6, 6.07) is 7.38. The lowest BCUT2D eigenvalue weighted by Crippen LogP contribution is -2.49. The van der Waals surface area contributed by atoms with E-state index in [0.29, 0.717) is 22.7 Å². The lowest BCUT2D eigenvalue weighted by molar-refractivity contribution is -0.120. The van der Waals surface area contributed by atoms with Gasteiger partial charge in [-0.15, -0.1) is 0 Å². The summed E-state index contributed by atoms with van der Waals surface area (Å²) < 4.78 is 10.9. The van der Waals surface area contributed by atoms with Gasteiger partial charge in [-0.25, -0.2) is 0 Å². The van der Waals surface area contributed by atoms with Crippen molar-refractivity contribution in [3.63, 3.8) is 0 Å². The van der Waals surface area contributed by atoms with Gasteiger partial charge in [0.15, 0.2) is 0 Å². The molecule has 3 rings (SSSR count). The van der Waals surface area contributed by atoms with Crippen molar-refractivity contribution in [1.82, 2.24) is 10.3 Å². The molecule has 30 heavy (non-hydrogen) atoms. The van der Waals surface area contributed by atoms with Crippen LogP contribution in [0.1, 0.15) is 29.9 Å². The number of methoxy groups -OCH3 is 1. The van der Waals surface area contributed by atoms with E-state index < -0.39 is 17.6 Å². The minimum absolute atomic E-state index is 0.0272. The number of hydrogen-bond acceptors (Lipinski definition) is 6. The standard InChI is InChI=1S/C22H23N3O5/c1-22(2,28)9-7-14-5-6-19-18(11-14)25(3)21(27)17(13-30-19)24-20(26)16-12-15(29-4)8-10-23-16/h5-6,8,10-12,17,28H,13H2,1-4H3,(H,24,26)/t17-/m1/s1. The van der Waals surface area contributed by atoms with Crippen LogP contribution in [0.4, 0.5) is 5.69 Å². The van der Waals surface area contributed by atoms with Crippen LogP contribution < -0.4 is 19.7 Å². The maximum atomic E-state index is 12.9. The first-order valence-electron chi connectivity index (χ1n) is 9.29. The maximum Gasteiger partial charge on any atom is 0.270 e. The Morgan fingerprint density at radius 2 is 2.13 bits per heavy atom. The summed E-state index contributed by atoms with van der Waals surface area (Å²) in [5.41, 5.74) is 0.158. The van der Waals surface area contributed by atoms with Gasteiger partial charge >= 0.3 is 0 Å². The Balaban J connectivity index is 1.80. The molecule has 1 aromatic heterocycles. The summed E-state index contributed by atoms with van der Waals surface area (Å²) >= 11 is 0. The van der Waals surface area contributed by atoms with Crippen molar-refractivity contribution in [3.05, 3.63) is 47.8 Å². The number of benzene rings is 1. The van der Waals surface area contributed by atoms with Crippen LogP contribution in [0.2, 0.25) is 0 Å². The summed E-state index contributed by atoms with van der Waals surface area (Å²) in [5.74, 6) is 5.76. The van der Waals surface area contributed by atoms with E-state index >= 15 is 0 Å². The number of hydrogen-bond donors (Lipinski definition) is 2. The van der Waals surface area contributed by atoms with E-state index in [2.05, 4.69) is 22.1 Å². The molecule has 1 atom stereocenters. The SMILES string of the molecule is COc1ccnc(C(=O)N[C@@H]2COc3ccc(C#CC(C)(C)O)cc3N(C)C2=O)c1. The van der Waals surface area contributed by atoms with Crippen LogP contribution >= 0.6 is 0 Å². The molecule has 2 N–H and O–H groups in total. The van der Waals surface area contributed by atoms with Gasteiger partial charge in [0, 0.05) is 24.9 Å². The zero-order valence-corrected chi connectivity index (χ0v) is 17.2. The van der Waals surface area contributed by atoms with E-state index in [4.69, 9.17) is 9.47 Å². The van der Waals surface area contributed by atoms with E-state index in [1.54, 1.807) is 45.2 Å². The molecule has 1 aliphatic heterocycles. The number of nitrogens with one attached hydrogen (secondary N) is 1. The minimum Gasteiger partial charge on any atom is -0.497 e. The summed E-state index contributed by atoms with van der Waals surface area (Å²) in [4.78, 5) is 30.9. The van der Waals surface area contributed by atoms with Gasteiger partial charge in [-0.2, -0.15) is 0 Å². The topological polar surface area (TPSA) is 101 Å². The highest BCUT2D eigenvalue weighted by Crippen LogP contribution is 2.31. The van der Waals surface area contributed by atoms with Gasteiger partial charge in [0.2, 0.25) is 0 Å². The molecule has 0 saturated heterocycles. The van der Waals surface area contributed by atoms with Gasteiger partial charge in [0.25, 0.3) is 11.8 Å². The van der Waals surface area contributed by atoms with Crippen LogP contribution in [0.3, 0.4) is 0 Å². The van der Waals surface area contributed by atoms with Crippen molar-refractivity contribution in [2.75, 3.05) is 25.7 Å². The number of rotatable bonds is 3. The first kappa shape index (κ1) is 21.1. The molecule has 8 heteroatoms. The number of aliphatic hydroxyl groups is 1. The van der Waals surface area contributed by atoms with Crippen molar-refractivity contribution in [3.8, 4) is 23.3 Å². The predicted molar refractivity (Wildman–Crippen MR) is 111 cm³/mol. The van der Waals surface area contributed by atoms with Crippen molar-refractivity contribution < 1.29 is 24.2 Å². The van der Waals surface area contributed by atoms with Gasteiger partial charge in [-0.3, -0.25) is 14.6 Å². The average molecular weight is 409 g/mol. The largest absolute Gasteiger partial charge is 0.497 e. The van der Waals surface area contributed by atoms with Crippen LogP contribution in [0.25, 0.3) is 0 Å². The fourth-order valence-electron chi connectivity index (χ4n) is 2.80. The Labute approximate surface area is 174 Å². The van der Waals surface area contributed by atoms with Crippen LogP contribution in [-0.2, 0) is 4.79 Å². The maximum absolute atomic E-state index is 12.9. The highest BCUT2D eigenvalue weighted by molar-refractivity contribution is 6.03. The highest BCUT2D eigenvalue weighted by Gasteiger charge is 2.31. The number of aromatic nitrogens is 1. The molecule has 0 radical (unpaired) electrons. The Morgan fingerprint density at radius 3 is 2.83 bits per heavy atom. The van der Waals surface area contributed by atoms with Crippen molar-refractivity contribution in [1.29, 1.82) is 0 Å². The highest BCUT2D eigenvalue weighted by atomic mass is 16.5. The number of anilines is 1. The molecule has 0 bridgehead atoms. The Bertz CT molecular complexity index is 1030. The van der Waals surface area contributed by atoms with E-state index in [0.717, 1.165) is 0 Å². The molecule has 0 saturated carbocycles. The number of likely N-dealkylation sites (N-methyl/N-ethyl adjacent to an activating group) is 1. The van der Waals surface area contributed by atoms with Gasteiger partial charge in [-0.05, 0) is 38.1 Å². The van der Waals surface area contributed by atoms with Crippen LogP contribution in [0, 0.1) is 11.8 Å². The quantitative estimate of drug-likeness (QED) is 0.743. The van der Waals surface area contributed by atoms with Crippen LogP contribution in [0.5, 0.6) is 11.5 Å². The summed E-state index contributed by atoms with van der Waals surface area (Å²) in [5, 5.41) is 12.5. The van der Waals surface area contributed by atoms with Gasteiger partial charge < -0.3 is 24.8 Å². The number of pyridine rings is 1. The molecule has 2 heterocycles. The van der Waals surface area contributed by atoms with Crippen LogP contribution in [0.15, 0.2) is 36.5 Å². The molecule has 1 aromatic carbocycles. The Morgan fingerprint density at radius 1 is 1.37 bits per heavy atom. The summed E-state index contributed by atoms with van der Waals surface area (Å²) in [6.07, 6.45) is 1.46. The molecule has 8 nitrogen and oxygen atoms in total. The van der Waals surface area contributed by atoms with Gasteiger partial charge in [0.1, 0.15) is 35.4 Å². The van der Waals surface area contributed by atoms with E-state index in [-0.39, 0.29) is 18.2 Å². The number of ether oxygens (including phenoxy) is 2. The summed E-state index contributed by atoms with van der Waals surface area (Å²) in [7, 11) is 3.10. The number of fused-ring (bicyclic) bond motifs is 1. The normalized spacial score (nSPS) is 15.8. The number of amides is 2. The first-order chi connectivity index (χ1) is 14.2. The molecule has 0 spiro atoms. The van der Waals surface area contributed by atoms with Crippen molar-refractivity contribution >= 4 is 17.5 Å². The molecular formula is C22H23N3O5. The monoisotopic (exact) mass is 409 g/mol. The molecule has 1 aliphatic rings.